The van der Waals surface area contributed by atoms with Crippen LogP contribution in [0.1, 0.15) is 32.3 Å². The van der Waals surface area contributed by atoms with Crippen LogP contribution in [-0.2, 0) is 25.5 Å². The highest BCUT2D eigenvalue weighted by Crippen LogP contribution is 2.26. The minimum atomic E-state index is -1.19. The summed E-state index contributed by atoms with van der Waals surface area (Å²) in [5.41, 5.74) is -0.441. The first-order chi connectivity index (χ1) is 19.3. The first kappa shape index (κ1) is 28.7. The van der Waals surface area contributed by atoms with Crippen LogP contribution in [0.5, 0.6) is 0 Å². The van der Waals surface area contributed by atoms with Gasteiger partial charge in [-0.15, -0.1) is 0 Å². The molecule has 2 aliphatic rings. The zero-order valence-electron chi connectivity index (χ0n) is 22.7. The monoisotopic (exact) mass is 554 g/mol. The number of benzene rings is 1. The molecule has 0 bridgehead atoms. The smallest absolute Gasteiger partial charge is 0.412 e. The lowest BCUT2D eigenvalue weighted by Gasteiger charge is -2.40. The summed E-state index contributed by atoms with van der Waals surface area (Å²) in [5, 5.41) is 2.64. The number of aromatic nitrogens is 2. The first-order valence-corrected chi connectivity index (χ1v) is 13.3. The third kappa shape index (κ3) is 6.30. The number of carbonyl (C=O) groups is 4. The average Bonchev–Trinajstić information content (AvgIpc) is 3.36. The van der Waals surface area contributed by atoms with Gasteiger partial charge in [-0.25, -0.2) is 14.4 Å². The van der Waals surface area contributed by atoms with Gasteiger partial charge < -0.3 is 24.1 Å². The maximum Gasteiger partial charge on any atom is 0.412 e. The molecule has 2 aliphatic heterocycles. The number of ether oxygens (including phenoxy) is 2. The molecule has 1 aromatic heterocycles. The van der Waals surface area contributed by atoms with E-state index in [1.54, 1.807) is 36.1 Å². The number of nitrogens with one attached hydrogen (secondary N) is 1. The Morgan fingerprint density at radius 2 is 1.90 bits per heavy atom. The normalized spacial score (nSPS) is 18.9. The molecule has 0 radical (unpaired) electrons. The molecule has 2 fully saturated rings. The quantitative estimate of drug-likeness (QED) is 0.383. The Morgan fingerprint density at radius 1 is 1.15 bits per heavy atom. The van der Waals surface area contributed by atoms with Gasteiger partial charge in [0, 0.05) is 38.8 Å². The molecule has 2 aromatic rings. The highest BCUT2D eigenvalue weighted by atomic mass is 16.6. The SMILES string of the molecule is CCCCOC(=O)N1COCC1(C)C(=O)N1CCN(C(=O)Nc2ccn(-c3cccc(CC=O)c3)c(=O)n2)CC1. The molecule has 2 saturated heterocycles. The van der Waals surface area contributed by atoms with Crippen molar-refractivity contribution >= 4 is 30.1 Å². The Hall–Kier alpha value is -4.26. The summed E-state index contributed by atoms with van der Waals surface area (Å²) in [7, 11) is 0. The van der Waals surface area contributed by atoms with E-state index in [0.29, 0.717) is 5.69 Å². The molecule has 1 atom stereocenters. The summed E-state index contributed by atoms with van der Waals surface area (Å²) >= 11 is 0. The van der Waals surface area contributed by atoms with Gasteiger partial charge in [-0.1, -0.05) is 25.5 Å². The maximum atomic E-state index is 13.4. The molecule has 13 nitrogen and oxygen atoms in total. The van der Waals surface area contributed by atoms with E-state index >= 15 is 0 Å². The second-order valence-electron chi connectivity index (χ2n) is 9.86. The molecule has 0 saturated carbocycles. The molecule has 0 spiro atoms. The van der Waals surface area contributed by atoms with Crippen LogP contribution in [0.3, 0.4) is 0 Å². The summed E-state index contributed by atoms with van der Waals surface area (Å²) in [5.74, 6) is -0.165. The van der Waals surface area contributed by atoms with Crippen molar-refractivity contribution in [3.05, 3.63) is 52.6 Å². The molecule has 40 heavy (non-hydrogen) atoms. The Labute approximate surface area is 231 Å². The third-order valence-electron chi connectivity index (χ3n) is 7.00. The highest BCUT2D eigenvalue weighted by molar-refractivity contribution is 5.91. The van der Waals surface area contributed by atoms with Gasteiger partial charge in [0.2, 0.25) is 0 Å². The lowest BCUT2D eigenvalue weighted by atomic mass is 10.0. The zero-order chi connectivity index (χ0) is 28.7. The number of unbranched alkanes of at least 4 members (excludes halogenated alkanes) is 1. The fourth-order valence-corrected chi connectivity index (χ4v) is 4.61. The Bertz CT molecular complexity index is 1310. The van der Waals surface area contributed by atoms with Crippen molar-refractivity contribution in [2.75, 3.05) is 51.4 Å². The Kier molecular flexibility index (Phi) is 9.15. The molecule has 1 N–H and O–H groups in total. The number of aldehydes is 1. The van der Waals surface area contributed by atoms with E-state index in [1.807, 2.05) is 6.92 Å². The number of anilines is 1. The van der Waals surface area contributed by atoms with Crippen molar-refractivity contribution in [2.24, 2.45) is 0 Å². The van der Waals surface area contributed by atoms with Gasteiger partial charge >= 0.3 is 17.8 Å². The molecule has 3 heterocycles. The number of urea groups is 1. The van der Waals surface area contributed by atoms with Gasteiger partial charge in [0.05, 0.1) is 18.9 Å². The van der Waals surface area contributed by atoms with Crippen molar-refractivity contribution in [1.82, 2.24) is 24.3 Å². The average molecular weight is 555 g/mol. The van der Waals surface area contributed by atoms with E-state index in [4.69, 9.17) is 9.47 Å². The zero-order valence-corrected chi connectivity index (χ0v) is 22.7. The number of hydrogen-bond donors (Lipinski definition) is 1. The fourth-order valence-electron chi connectivity index (χ4n) is 4.61. The van der Waals surface area contributed by atoms with E-state index in [2.05, 4.69) is 10.3 Å². The molecule has 1 aromatic carbocycles. The van der Waals surface area contributed by atoms with Crippen molar-refractivity contribution in [3.8, 4) is 5.69 Å². The Morgan fingerprint density at radius 3 is 2.60 bits per heavy atom. The molecule has 0 aliphatic carbocycles. The summed E-state index contributed by atoms with van der Waals surface area (Å²) in [6.45, 7) is 5.04. The van der Waals surface area contributed by atoms with E-state index in [9.17, 15) is 24.0 Å². The van der Waals surface area contributed by atoms with Crippen molar-refractivity contribution in [2.45, 2.75) is 38.6 Å². The topological polar surface area (TPSA) is 143 Å². The first-order valence-electron chi connectivity index (χ1n) is 13.3. The summed E-state index contributed by atoms with van der Waals surface area (Å²) in [6, 6.07) is 8.06. The lowest BCUT2D eigenvalue weighted by Crippen LogP contribution is -2.61. The van der Waals surface area contributed by atoms with Gasteiger partial charge in [0.15, 0.2) is 0 Å². The van der Waals surface area contributed by atoms with Crippen LogP contribution < -0.4 is 11.0 Å². The number of nitrogens with zero attached hydrogens (tertiary/aromatic N) is 5. The molecule has 13 heteroatoms. The summed E-state index contributed by atoms with van der Waals surface area (Å²) < 4.78 is 12.1. The standard InChI is InChI=1S/C27H34N6O7/c1-3-4-16-40-26(38)33-19-39-18-27(33,2)23(35)30-11-13-31(14-12-30)24(36)28-22-8-10-32(25(37)29-22)21-7-5-6-20(17-21)9-15-34/h5-8,10,15,17H,3-4,9,11-14,16,18-19H2,1-2H3,(H,28,29,36,37). The minimum absolute atomic E-state index is 0.0223. The van der Waals surface area contributed by atoms with E-state index in [1.165, 1.54) is 26.6 Å². The van der Waals surface area contributed by atoms with Gasteiger partial charge in [0.25, 0.3) is 5.91 Å². The van der Waals surface area contributed by atoms with Crippen molar-refractivity contribution < 1.29 is 28.7 Å². The van der Waals surface area contributed by atoms with Crippen LogP contribution in [0.25, 0.3) is 5.69 Å². The van der Waals surface area contributed by atoms with Gasteiger partial charge in [-0.3, -0.25) is 19.6 Å². The van der Waals surface area contributed by atoms with Crippen molar-refractivity contribution in [1.29, 1.82) is 0 Å². The molecular weight excluding hydrogens is 520 g/mol. The van der Waals surface area contributed by atoms with Gasteiger partial charge in [-0.2, -0.15) is 4.98 Å². The van der Waals surface area contributed by atoms with Crippen molar-refractivity contribution in [3.63, 3.8) is 0 Å². The number of piperazine rings is 1. The number of carbonyl (C=O) groups excluding carboxylic acids is 4. The lowest BCUT2D eigenvalue weighted by molar-refractivity contribution is -0.142. The maximum absolute atomic E-state index is 13.4. The van der Waals surface area contributed by atoms with Crippen LogP contribution in [-0.4, -0.2) is 100 Å². The van der Waals surface area contributed by atoms with Crippen LogP contribution in [0.4, 0.5) is 15.4 Å². The summed E-state index contributed by atoms with van der Waals surface area (Å²) in [6.07, 6.45) is 3.57. The minimum Gasteiger partial charge on any atom is -0.449 e. The van der Waals surface area contributed by atoms with Crippen LogP contribution in [0, 0.1) is 0 Å². The van der Waals surface area contributed by atoms with Gasteiger partial charge in [-0.05, 0) is 37.1 Å². The molecule has 4 rings (SSSR count). The number of rotatable bonds is 8. The summed E-state index contributed by atoms with van der Waals surface area (Å²) in [4.78, 5) is 70.6. The molecule has 4 amide bonds. The van der Waals surface area contributed by atoms with E-state index in [0.717, 1.165) is 24.7 Å². The molecule has 1 unspecified atom stereocenters. The third-order valence-corrected chi connectivity index (χ3v) is 7.00. The Balaban J connectivity index is 1.33. The van der Waals surface area contributed by atoms with Crippen LogP contribution in [0.15, 0.2) is 41.3 Å². The van der Waals surface area contributed by atoms with Gasteiger partial charge in [0.1, 0.15) is 24.4 Å². The molecular formula is C27H34N6O7. The fraction of sp³-hybridized carbons (Fsp3) is 0.481. The largest absolute Gasteiger partial charge is 0.449 e. The second-order valence-corrected chi connectivity index (χ2v) is 9.86. The number of hydrogen-bond acceptors (Lipinski definition) is 8. The highest BCUT2D eigenvalue weighted by Gasteiger charge is 2.50. The second kappa shape index (κ2) is 12.7. The van der Waals surface area contributed by atoms with E-state index < -0.39 is 23.4 Å². The van der Waals surface area contributed by atoms with E-state index in [-0.39, 0.29) is 64.3 Å². The predicted molar refractivity (Wildman–Crippen MR) is 144 cm³/mol. The van der Waals surface area contributed by atoms with Crippen LogP contribution in [0.2, 0.25) is 0 Å². The molecule has 214 valence electrons. The number of amides is 4. The van der Waals surface area contributed by atoms with Crippen LogP contribution >= 0.6 is 0 Å². The predicted octanol–water partition coefficient (Wildman–Crippen LogP) is 1.64.